The Labute approximate surface area is 119 Å². The van der Waals surface area contributed by atoms with Gasteiger partial charge in [0.2, 0.25) is 0 Å². The summed E-state index contributed by atoms with van der Waals surface area (Å²) in [6, 6.07) is 8.41. The first-order valence-corrected chi connectivity index (χ1v) is 7.14. The maximum atomic E-state index is 11.0. The molecule has 1 N–H and O–H groups in total. The molecule has 2 rings (SSSR count). The van der Waals surface area contributed by atoms with Crippen LogP contribution in [0.2, 0.25) is 5.02 Å². The summed E-state index contributed by atoms with van der Waals surface area (Å²) in [7, 11) is 1.43. The van der Waals surface area contributed by atoms with E-state index in [1.807, 2.05) is 12.1 Å². The Balaban J connectivity index is 1.83. The third-order valence-corrected chi connectivity index (χ3v) is 3.72. The number of hydrogen-bond acceptors (Lipinski definition) is 3. The number of benzene rings is 1. The molecule has 1 unspecified atom stereocenters. The molecule has 0 heterocycles. The van der Waals surface area contributed by atoms with Crippen LogP contribution in [0.15, 0.2) is 24.3 Å². The maximum absolute atomic E-state index is 11.0. The van der Waals surface area contributed by atoms with Crippen LogP contribution in [0, 0.1) is 5.92 Å². The summed E-state index contributed by atoms with van der Waals surface area (Å²) in [5.74, 6) is 0.579. The second-order valence-corrected chi connectivity index (χ2v) is 5.44. The van der Waals surface area contributed by atoms with Gasteiger partial charge in [0.15, 0.2) is 0 Å². The molecule has 0 aromatic heterocycles. The Morgan fingerprint density at radius 1 is 1.42 bits per heavy atom. The Morgan fingerprint density at radius 2 is 2.11 bits per heavy atom. The fraction of sp³-hybridized carbons (Fsp3) is 0.533. The highest BCUT2D eigenvalue weighted by molar-refractivity contribution is 6.30. The summed E-state index contributed by atoms with van der Waals surface area (Å²) in [5, 5.41) is 4.31. The summed E-state index contributed by atoms with van der Waals surface area (Å²) >= 11 is 5.92. The predicted octanol–water partition coefficient (Wildman–Crippen LogP) is 3.33. The van der Waals surface area contributed by atoms with E-state index in [0.29, 0.717) is 12.5 Å². The van der Waals surface area contributed by atoms with Crippen LogP contribution in [0.4, 0.5) is 0 Å². The van der Waals surface area contributed by atoms with Gasteiger partial charge in [0, 0.05) is 17.5 Å². The quantitative estimate of drug-likeness (QED) is 0.615. The van der Waals surface area contributed by atoms with Crippen LogP contribution in [-0.4, -0.2) is 19.6 Å². The third kappa shape index (κ3) is 4.51. The fourth-order valence-corrected chi connectivity index (χ4v) is 2.37. The number of halogens is 1. The Kier molecular flexibility index (Phi) is 5.23. The molecule has 1 aromatic carbocycles. The van der Waals surface area contributed by atoms with Crippen molar-refractivity contribution in [2.45, 2.75) is 31.7 Å². The minimum Gasteiger partial charge on any atom is -0.469 e. The number of carbonyl (C=O) groups is 1. The van der Waals surface area contributed by atoms with Crippen molar-refractivity contribution < 1.29 is 9.53 Å². The molecule has 1 atom stereocenters. The number of hydrogen-bond donors (Lipinski definition) is 1. The van der Waals surface area contributed by atoms with Crippen molar-refractivity contribution in [2.75, 3.05) is 13.7 Å². The summed E-state index contributed by atoms with van der Waals surface area (Å²) in [6.07, 6.45) is 3.83. The van der Waals surface area contributed by atoms with E-state index in [9.17, 15) is 4.79 Å². The average Bonchev–Trinajstić information content (AvgIpc) is 3.24. The van der Waals surface area contributed by atoms with E-state index in [4.69, 9.17) is 11.6 Å². The van der Waals surface area contributed by atoms with Gasteiger partial charge >= 0.3 is 5.97 Å². The highest BCUT2D eigenvalue weighted by atomic mass is 35.5. The van der Waals surface area contributed by atoms with Gasteiger partial charge in [-0.15, -0.1) is 0 Å². The first-order chi connectivity index (χ1) is 9.20. The van der Waals surface area contributed by atoms with Crippen LogP contribution in [-0.2, 0) is 9.53 Å². The Hall–Kier alpha value is -1.06. The van der Waals surface area contributed by atoms with E-state index in [2.05, 4.69) is 22.2 Å². The van der Waals surface area contributed by atoms with Crippen LogP contribution < -0.4 is 5.32 Å². The zero-order valence-corrected chi connectivity index (χ0v) is 12.0. The standard InChI is InChI=1S/C15H20ClNO2/c1-19-14(18)3-2-10-17-15(11-4-5-11)12-6-8-13(16)9-7-12/h6-9,11,15,17H,2-5,10H2,1H3. The van der Waals surface area contributed by atoms with Crippen molar-refractivity contribution in [1.82, 2.24) is 5.32 Å². The van der Waals surface area contributed by atoms with Crippen molar-refractivity contribution in [3.05, 3.63) is 34.9 Å². The lowest BCUT2D eigenvalue weighted by Gasteiger charge is -2.18. The SMILES string of the molecule is COC(=O)CCCNC(c1ccc(Cl)cc1)C1CC1. The van der Waals surface area contributed by atoms with Gasteiger partial charge in [0.05, 0.1) is 7.11 Å². The zero-order chi connectivity index (χ0) is 13.7. The number of carbonyl (C=O) groups excluding carboxylic acids is 1. The second kappa shape index (κ2) is 6.92. The van der Waals surface area contributed by atoms with E-state index in [0.717, 1.165) is 23.9 Å². The van der Waals surface area contributed by atoms with E-state index < -0.39 is 0 Å². The minimum atomic E-state index is -0.142. The van der Waals surface area contributed by atoms with Gasteiger partial charge in [-0.2, -0.15) is 0 Å². The zero-order valence-electron chi connectivity index (χ0n) is 11.2. The topological polar surface area (TPSA) is 38.3 Å². The molecule has 1 fully saturated rings. The molecule has 0 saturated heterocycles. The van der Waals surface area contributed by atoms with E-state index >= 15 is 0 Å². The lowest BCUT2D eigenvalue weighted by Crippen LogP contribution is -2.24. The van der Waals surface area contributed by atoms with Crippen molar-refractivity contribution in [3.63, 3.8) is 0 Å². The normalized spacial score (nSPS) is 16.1. The molecule has 1 aromatic rings. The molecule has 1 aliphatic carbocycles. The first kappa shape index (κ1) is 14.4. The number of methoxy groups -OCH3 is 1. The van der Waals surface area contributed by atoms with Crippen molar-refractivity contribution in [2.24, 2.45) is 5.92 Å². The number of ether oxygens (including phenoxy) is 1. The smallest absolute Gasteiger partial charge is 0.305 e. The fourth-order valence-electron chi connectivity index (χ4n) is 2.25. The maximum Gasteiger partial charge on any atom is 0.305 e. The lowest BCUT2D eigenvalue weighted by atomic mass is 10.0. The molecule has 1 saturated carbocycles. The number of esters is 1. The molecule has 0 bridgehead atoms. The summed E-state index contributed by atoms with van der Waals surface area (Å²) in [4.78, 5) is 11.0. The highest BCUT2D eigenvalue weighted by Gasteiger charge is 2.31. The molecule has 0 spiro atoms. The van der Waals surface area contributed by atoms with Crippen LogP contribution in [0.5, 0.6) is 0 Å². The molecule has 0 radical (unpaired) electrons. The number of nitrogens with one attached hydrogen (secondary N) is 1. The highest BCUT2D eigenvalue weighted by Crippen LogP contribution is 2.41. The van der Waals surface area contributed by atoms with Crippen LogP contribution in [0.1, 0.15) is 37.3 Å². The summed E-state index contributed by atoms with van der Waals surface area (Å²) < 4.78 is 4.63. The monoisotopic (exact) mass is 281 g/mol. The lowest BCUT2D eigenvalue weighted by molar-refractivity contribution is -0.140. The van der Waals surface area contributed by atoms with Gasteiger partial charge in [-0.05, 0) is 49.4 Å². The van der Waals surface area contributed by atoms with Crippen molar-refractivity contribution in [1.29, 1.82) is 0 Å². The Morgan fingerprint density at radius 3 is 2.68 bits per heavy atom. The van der Waals surface area contributed by atoms with Crippen LogP contribution in [0.3, 0.4) is 0 Å². The molecule has 104 valence electrons. The first-order valence-electron chi connectivity index (χ1n) is 6.76. The molecule has 0 amide bonds. The summed E-state index contributed by atoms with van der Waals surface area (Å²) in [5.41, 5.74) is 1.28. The van der Waals surface area contributed by atoms with Crippen LogP contribution >= 0.6 is 11.6 Å². The van der Waals surface area contributed by atoms with Gasteiger partial charge < -0.3 is 10.1 Å². The molecule has 0 aliphatic heterocycles. The van der Waals surface area contributed by atoms with Crippen molar-refractivity contribution >= 4 is 17.6 Å². The van der Waals surface area contributed by atoms with Crippen LogP contribution in [0.25, 0.3) is 0 Å². The van der Waals surface area contributed by atoms with E-state index in [-0.39, 0.29) is 5.97 Å². The molecule has 1 aliphatic rings. The van der Waals surface area contributed by atoms with Gasteiger partial charge in [-0.25, -0.2) is 0 Å². The molecular formula is C15H20ClNO2. The van der Waals surface area contributed by atoms with E-state index in [1.54, 1.807) is 0 Å². The third-order valence-electron chi connectivity index (χ3n) is 3.47. The van der Waals surface area contributed by atoms with Gasteiger partial charge in [-0.3, -0.25) is 4.79 Å². The largest absolute Gasteiger partial charge is 0.469 e. The molecule has 3 nitrogen and oxygen atoms in total. The van der Waals surface area contributed by atoms with Gasteiger partial charge in [0.25, 0.3) is 0 Å². The second-order valence-electron chi connectivity index (χ2n) is 5.00. The molecule has 4 heteroatoms. The van der Waals surface area contributed by atoms with Crippen molar-refractivity contribution in [3.8, 4) is 0 Å². The predicted molar refractivity (Wildman–Crippen MR) is 76.2 cm³/mol. The number of rotatable bonds is 7. The minimum absolute atomic E-state index is 0.142. The summed E-state index contributed by atoms with van der Waals surface area (Å²) in [6.45, 7) is 0.832. The van der Waals surface area contributed by atoms with E-state index in [1.165, 1.54) is 25.5 Å². The Bertz CT molecular complexity index is 415. The van der Waals surface area contributed by atoms with Gasteiger partial charge in [-0.1, -0.05) is 23.7 Å². The molecule has 19 heavy (non-hydrogen) atoms. The van der Waals surface area contributed by atoms with Gasteiger partial charge in [0.1, 0.15) is 0 Å². The average molecular weight is 282 g/mol. The molecular weight excluding hydrogens is 262 g/mol.